The van der Waals surface area contributed by atoms with Gasteiger partial charge in [0.15, 0.2) is 0 Å². The molecule has 0 aliphatic carbocycles. The zero-order valence-corrected chi connectivity index (χ0v) is 13.6. The summed E-state index contributed by atoms with van der Waals surface area (Å²) in [6.45, 7) is 3.11. The fourth-order valence-electron chi connectivity index (χ4n) is 2.63. The predicted octanol–water partition coefficient (Wildman–Crippen LogP) is 3.65. The Morgan fingerprint density at radius 1 is 1.30 bits per heavy atom. The van der Waals surface area contributed by atoms with E-state index in [-0.39, 0.29) is 5.82 Å². The second-order valence-electron chi connectivity index (χ2n) is 5.10. The van der Waals surface area contributed by atoms with Crippen LogP contribution in [0.5, 0.6) is 5.75 Å². The SMILES string of the molecule is COc1ccc(F)c2c1cc(C)n2CCNc1cc(Cl)ncn1. The maximum atomic E-state index is 14.2. The van der Waals surface area contributed by atoms with Crippen LogP contribution in [-0.4, -0.2) is 28.2 Å². The molecule has 0 atom stereocenters. The van der Waals surface area contributed by atoms with Crippen LogP contribution in [0.4, 0.5) is 10.2 Å². The number of benzene rings is 1. The average Bonchev–Trinajstić information content (AvgIpc) is 2.86. The summed E-state index contributed by atoms with van der Waals surface area (Å²) in [5.74, 6) is 1.04. The van der Waals surface area contributed by atoms with Gasteiger partial charge in [0.2, 0.25) is 0 Å². The molecule has 0 aliphatic heterocycles. The molecule has 1 aromatic carbocycles. The Morgan fingerprint density at radius 2 is 2.13 bits per heavy atom. The van der Waals surface area contributed by atoms with Crippen LogP contribution in [0.1, 0.15) is 5.69 Å². The van der Waals surface area contributed by atoms with E-state index < -0.39 is 0 Å². The highest BCUT2D eigenvalue weighted by Crippen LogP contribution is 2.30. The van der Waals surface area contributed by atoms with Crippen molar-refractivity contribution < 1.29 is 9.13 Å². The zero-order chi connectivity index (χ0) is 16.4. The van der Waals surface area contributed by atoms with Gasteiger partial charge in [-0.25, -0.2) is 14.4 Å². The molecular weight excluding hydrogens is 319 g/mol. The Bertz CT molecular complexity index is 849. The number of aryl methyl sites for hydroxylation is 1. The molecule has 0 aliphatic rings. The largest absolute Gasteiger partial charge is 0.496 e. The highest BCUT2D eigenvalue weighted by molar-refractivity contribution is 6.29. The van der Waals surface area contributed by atoms with Gasteiger partial charge < -0.3 is 14.6 Å². The van der Waals surface area contributed by atoms with Crippen molar-refractivity contribution in [3.8, 4) is 5.75 Å². The molecule has 0 bridgehead atoms. The van der Waals surface area contributed by atoms with E-state index in [2.05, 4.69) is 15.3 Å². The van der Waals surface area contributed by atoms with Crippen molar-refractivity contribution in [1.29, 1.82) is 0 Å². The standard InChI is InChI=1S/C16H16ClFN4O/c1-10-7-11-13(23-2)4-3-12(18)16(11)22(10)6-5-19-15-8-14(17)20-9-21-15/h3-4,7-9H,5-6H2,1-2H3,(H,19,20,21). The Labute approximate surface area is 138 Å². The number of nitrogens with one attached hydrogen (secondary N) is 1. The number of aromatic nitrogens is 3. The Morgan fingerprint density at radius 3 is 2.87 bits per heavy atom. The summed E-state index contributed by atoms with van der Waals surface area (Å²) < 4.78 is 21.5. The van der Waals surface area contributed by atoms with Gasteiger partial charge in [0.25, 0.3) is 0 Å². The molecule has 1 N–H and O–H groups in total. The minimum Gasteiger partial charge on any atom is -0.496 e. The van der Waals surface area contributed by atoms with Crippen molar-refractivity contribution in [3.63, 3.8) is 0 Å². The van der Waals surface area contributed by atoms with Gasteiger partial charge in [-0.15, -0.1) is 0 Å². The third kappa shape index (κ3) is 3.07. The van der Waals surface area contributed by atoms with Gasteiger partial charge in [-0.1, -0.05) is 11.6 Å². The fourth-order valence-corrected chi connectivity index (χ4v) is 2.78. The summed E-state index contributed by atoms with van der Waals surface area (Å²) in [4.78, 5) is 7.91. The molecule has 0 saturated heterocycles. The molecule has 2 heterocycles. The fraction of sp³-hybridized carbons (Fsp3) is 0.250. The number of anilines is 1. The molecule has 3 rings (SSSR count). The lowest BCUT2D eigenvalue weighted by molar-refractivity contribution is 0.419. The normalized spacial score (nSPS) is 11.0. The number of ether oxygens (including phenoxy) is 1. The van der Waals surface area contributed by atoms with Crippen LogP contribution in [-0.2, 0) is 6.54 Å². The summed E-state index contributed by atoms with van der Waals surface area (Å²) in [5.41, 5.74) is 1.51. The van der Waals surface area contributed by atoms with E-state index in [0.717, 1.165) is 11.1 Å². The first-order valence-corrected chi connectivity index (χ1v) is 7.51. The van der Waals surface area contributed by atoms with Crippen LogP contribution in [0, 0.1) is 12.7 Å². The van der Waals surface area contributed by atoms with Gasteiger partial charge in [-0.05, 0) is 25.1 Å². The summed E-state index contributed by atoms with van der Waals surface area (Å²) in [7, 11) is 1.58. The second-order valence-corrected chi connectivity index (χ2v) is 5.49. The molecule has 0 spiro atoms. The van der Waals surface area contributed by atoms with Crippen LogP contribution in [0.2, 0.25) is 5.15 Å². The van der Waals surface area contributed by atoms with E-state index in [1.54, 1.807) is 19.2 Å². The summed E-state index contributed by atoms with van der Waals surface area (Å²) in [6, 6.07) is 6.64. The van der Waals surface area contributed by atoms with Gasteiger partial charge in [0.1, 0.15) is 28.9 Å². The maximum absolute atomic E-state index is 14.2. The molecule has 120 valence electrons. The predicted molar refractivity (Wildman–Crippen MR) is 88.7 cm³/mol. The molecule has 0 saturated carbocycles. The molecule has 0 radical (unpaired) electrons. The van der Waals surface area contributed by atoms with E-state index in [1.165, 1.54) is 12.4 Å². The van der Waals surface area contributed by atoms with E-state index >= 15 is 0 Å². The van der Waals surface area contributed by atoms with Gasteiger partial charge in [-0.2, -0.15) is 0 Å². The monoisotopic (exact) mass is 334 g/mol. The summed E-state index contributed by atoms with van der Waals surface area (Å²) in [6.07, 6.45) is 1.39. The van der Waals surface area contributed by atoms with E-state index in [1.807, 2.05) is 17.6 Å². The van der Waals surface area contributed by atoms with Crippen LogP contribution in [0.3, 0.4) is 0 Å². The minimum absolute atomic E-state index is 0.265. The first-order valence-electron chi connectivity index (χ1n) is 7.14. The van der Waals surface area contributed by atoms with E-state index in [4.69, 9.17) is 16.3 Å². The molecule has 5 nitrogen and oxygen atoms in total. The molecule has 0 unspecified atom stereocenters. The highest BCUT2D eigenvalue weighted by atomic mass is 35.5. The van der Waals surface area contributed by atoms with E-state index in [9.17, 15) is 4.39 Å². The lowest BCUT2D eigenvalue weighted by Gasteiger charge is -2.11. The smallest absolute Gasteiger partial charge is 0.147 e. The molecule has 2 aromatic heterocycles. The number of hydrogen-bond acceptors (Lipinski definition) is 4. The highest BCUT2D eigenvalue weighted by Gasteiger charge is 2.14. The van der Waals surface area contributed by atoms with Crippen LogP contribution in [0.25, 0.3) is 10.9 Å². The lowest BCUT2D eigenvalue weighted by atomic mass is 10.2. The number of methoxy groups -OCH3 is 1. The van der Waals surface area contributed by atoms with Crippen molar-refractivity contribution in [3.05, 3.63) is 47.3 Å². The number of nitrogens with zero attached hydrogens (tertiary/aromatic N) is 3. The average molecular weight is 335 g/mol. The first kappa shape index (κ1) is 15.6. The quantitative estimate of drug-likeness (QED) is 0.724. The summed E-state index contributed by atoms with van der Waals surface area (Å²) in [5, 5.41) is 4.30. The third-order valence-electron chi connectivity index (χ3n) is 3.67. The molecule has 23 heavy (non-hydrogen) atoms. The Hall–Kier alpha value is -2.34. The topological polar surface area (TPSA) is 52.0 Å². The van der Waals surface area contributed by atoms with Gasteiger partial charge >= 0.3 is 0 Å². The lowest BCUT2D eigenvalue weighted by Crippen LogP contribution is -2.12. The molecule has 0 amide bonds. The number of rotatable bonds is 5. The van der Waals surface area contributed by atoms with Crippen LogP contribution in [0.15, 0.2) is 30.6 Å². The minimum atomic E-state index is -0.265. The molecule has 3 aromatic rings. The van der Waals surface area contributed by atoms with Crippen molar-refractivity contribution in [2.45, 2.75) is 13.5 Å². The van der Waals surface area contributed by atoms with Gasteiger partial charge in [-0.3, -0.25) is 0 Å². The van der Waals surface area contributed by atoms with E-state index in [0.29, 0.717) is 35.3 Å². The van der Waals surface area contributed by atoms with Crippen molar-refractivity contribution in [1.82, 2.24) is 14.5 Å². The van der Waals surface area contributed by atoms with Crippen LogP contribution >= 0.6 is 11.6 Å². The van der Waals surface area contributed by atoms with Crippen molar-refractivity contribution in [2.24, 2.45) is 0 Å². The molecular formula is C16H16ClFN4O. The first-order chi connectivity index (χ1) is 11.1. The molecule has 0 fully saturated rings. The Balaban J connectivity index is 1.84. The number of hydrogen-bond donors (Lipinski definition) is 1. The second kappa shape index (κ2) is 6.42. The van der Waals surface area contributed by atoms with Crippen molar-refractivity contribution in [2.75, 3.05) is 19.0 Å². The van der Waals surface area contributed by atoms with Gasteiger partial charge in [0, 0.05) is 30.2 Å². The maximum Gasteiger partial charge on any atom is 0.147 e. The Kier molecular flexibility index (Phi) is 4.34. The molecule has 7 heteroatoms. The van der Waals surface area contributed by atoms with Gasteiger partial charge in [0.05, 0.1) is 12.6 Å². The number of halogens is 2. The zero-order valence-electron chi connectivity index (χ0n) is 12.8. The van der Waals surface area contributed by atoms with Crippen LogP contribution < -0.4 is 10.1 Å². The summed E-state index contributed by atoms with van der Waals surface area (Å²) >= 11 is 5.82. The van der Waals surface area contributed by atoms with Crippen molar-refractivity contribution >= 4 is 28.3 Å². The third-order valence-corrected chi connectivity index (χ3v) is 3.88. The number of fused-ring (bicyclic) bond motifs is 1.